The standard InChI is InChI=1S/C47H73N7O11Si/c1-5-18-40(54-45(59)23-9-8-16-30-51-47(61)65-33-39-37-21-12-10-19-35(37)36-20-11-13-22-38(36)39)46(60)53-34-52-44(58)27-26-42(56)49-29-15-7-6-14-28-48-41(55)24-25-43(57)50-31-17-32-66(62-2,63-3)64-4/h10-13,19-22,39-40H,5-9,14-18,23-34H2,1-4H3,(H,48,55)(H,49,56)(H,50,57)(H,51,61)(H,52,58)(H,53,60)(H,54,59). The van der Waals surface area contributed by atoms with Crippen molar-refractivity contribution in [3.8, 4) is 11.1 Å². The van der Waals surface area contributed by atoms with Gasteiger partial charge in [-0.25, -0.2) is 4.79 Å². The van der Waals surface area contributed by atoms with Crippen LogP contribution < -0.4 is 37.2 Å². The smallest absolute Gasteiger partial charge is 0.449 e. The van der Waals surface area contributed by atoms with E-state index in [4.69, 9.17) is 18.0 Å². The third kappa shape index (κ3) is 20.4. The highest BCUT2D eigenvalue weighted by molar-refractivity contribution is 6.60. The molecular weight excluding hydrogens is 867 g/mol. The van der Waals surface area contributed by atoms with Gasteiger partial charge in [-0.2, -0.15) is 0 Å². The Balaban J connectivity index is 1.13. The van der Waals surface area contributed by atoms with Gasteiger partial charge in [0.2, 0.25) is 35.4 Å². The van der Waals surface area contributed by atoms with E-state index in [2.05, 4.69) is 61.5 Å². The van der Waals surface area contributed by atoms with Crippen molar-refractivity contribution in [1.82, 2.24) is 37.2 Å². The SMILES string of the molecule is CCCC(NC(=O)CCCCCNC(=O)OCC1c2ccccc2-c2ccccc21)C(=O)NCNC(=O)CCC(=O)NCCCCCCNC(=O)CCC(=O)NCCC[Si](OC)(OC)OC. The first-order chi connectivity index (χ1) is 31.9. The fourth-order valence-corrected chi connectivity index (χ4v) is 9.28. The van der Waals surface area contributed by atoms with E-state index in [0.717, 1.165) is 36.8 Å². The van der Waals surface area contributed by atoms with Crippen LogP contribution >= 0.6 is 0 Å². The zero-order chi connectivity index (χ0) is 48.0. The van der Waals surface area contributed by atoms with Crippen LogP contribution in [0.15, 0.2) is 48.5 Å². The van der Waals surface area contributed by atoms with Crippen molar-refractivity contribution in [1.29, 1.82) is 0 Å². The van der Waals surface area contributed by atoms with Crippen molar-refractivity contribution in [2.24, 2.45) is 0 Å². The molecule has 1 aliphatic rings. The molecule has 19 heteroatoms. The van der Waals surface area contributed by atoms with E-state index in [1.54, 1.807) is 21.3 Å². The van der Waals surface area contributed by atoms with Gasteiger partial charge in [-0.05, 0) is 60.8 Å². The fraction of sp³-hybridized carbons (Fsp3) is 0.596. The van der Waals surface area contributed by atoms with Gasteiger partial charge in [-0.3, -0.25) is 28.8 Å². The Morgan fingerprint density at radius 2 is 1.02 bits per heavy atom. The maximum absolute atomic E-state index is 12.8. The summed E-state index contributed by atoms with van der Waals surface area (Å²) in [6, 6.07) is 16.2. The summed E-state index contributed by atoms with van der Waals surface area (Å²) >= 11 is 0. The van der Waals surface area contributed by atoms with Gasteiger partial charge < -0.3 is 55.2 Å². The number of carbonyl (C=O) groups is 7. The monoisotopic (exact) mass is 940 g/mol. The van der Waals surface area contributed by atoms with Crippen LogP contribution in [0.4, 0.5) is 4.79 Å². The Labute approximate surface area is 390 Å². The summed E-state index contributed by atoms with van der Waals surface area (Å²) in [5.74, 6) is -1.70. The fourth-order valence-electron chi connectivity index (χ4n) is 7.56. The molecule has 366 valence electrons. The van der Waals surface area contributed by atoms with E-state index in [1.165, 1.54) is 11.1 Å². The minimum atomic E-state index is -2.67. The average Bonchev–Trinajstić information content (AvgIpc) is 3.64. The van der Waals surface area contributed by atoms with Gasteiger partial charge in [0, 0.05) is 91.6 Å². The summed E-state index contributed by atoms with van der Waals surface area (Å²) < 4.78 is 21.7. The molecule has 1 atom stereocenters. The number of carbonyl (C=O) groups excluding carboxylic acids is 7. The molecule has 0 aromatic heterocycles. The lowest BCUT2D eigenvalue weighted by atomic mass is 9.98. The summed E-state index contributed by atoms with van der Waals surface area (Å²) in [7, 11) is 1.95. The molecule has 7 N–H and O–H groups in total. The van der Waals surface area contributed by atoms with Gasteiger partial charge in [0.05, 0.1) is 6.67 Å². The highest BCUT2D eigenvalue weighted by Crippen LogP contribution is 2.44. The van der Waals surface area contributed by atoms with Crippen molar-refractivity contribution in [3.05, 3.63) is 59.7 Å². The predicted molar refractivity (Wildman–Crippen MR) is 252 cm³/mol. The molecule has 1 aliphatic carbocycles. The third-order valence-electron chi connectivity index (χ3n) is 11.3. The van der Waals surface area contributed by atoms with Gasteiger partial charge in [0.25, 0.3) is 0 Å². The minimum absolute atomic E-state index is 0.00151. The van der Waals surface area contributed by atoms with E-state index < -0.39 is 32.8 Å². The van der Waals surface area contributed by atoms with Crippen molar-refractivity contribution >= 4 is 50.3 Å². The molecule has 0 saturated heterocycles. The van der Waals surface area contributed by atoms with Crippen LogP contribution in [0.3, 0.4) is 0 Å². The number of hydrogen-bond donors (Lipinski definition) is 7. The van der Waals surface area contributed by atoms with Crippen LogP contribution in [-0.4, -0.2) is 117 Å². The first kappa shape index (κ1) is 55.0. The molecule has 2 aromatic carbocycles. The molecule has 0 saturated carbocycles. The Morgan fingerprint density at radius 1 is 0.545 bits per heavy atom. The van der Waals surface area contributed by atoms with E-state index in [9.17, 15) is 33.6 Å². The molecule has 0 heterocycles. The first-order valence-corrected chi connectivity index (χ1v) is 25.3. The Kier molecular flexibility index (Phi) is 26.3. The van der Waals surface area contributed by atoms with E-state index in [1.807, 2.05) is 31.2 Å². The number of nitrogens with one attached hydrogen (secondary N) is 7. The number of fused-ring (bicyclic) bond motifs is 3. The Morgan fingerprint density at radius 3 is 1.53 bits per heavy atom. The lowest BCUT2D eigenvalue weighted by Gasteiger charge is -2.24. The topological polar surface area (TPSA) is 241 Å². The molecule has 1 unspecified atom stereocenters. The lowest BCUT2D eigenvalue weighted by molar-refractivity contribution is -0.130. The lowest BCUT2D eigenvalue weighted by Crippen LogP contribution is -2.49. The molecule has 18 nitrogen and oxygen atoms in total. The number of amides is 7. The van der Waals surface area contributed by atoms with Gasteiger partial charge in [-0.1, -0.05) is 81.1 Å². The van der Waals surface area contributed by atoms with Crippen molar-refractivity contribution in [2.75, 3.05) is 60.8 Å². The van der Waals surface area contributed by atoms with Crippen molar-refractivity contribution in [3.63, 3.8) is 0 Å². The number of rotatable bonds is 34. The number of unbranched alkanes of at least 4 members (excludes halogenated alkanes) is 5. The van der Waals surface area contributed by atoms with Gasteiger partial charge in [0.15, 0.2) is 0 Å². The van der Waals surface area contributed by atoms with E-state index in [0.29, 0.717) is 70.7 Å². The van der Waals surface area contributed by atoms with E-state index >= 15 is 0 Å². The number of ether oxygens (including phenoxy) is 1. The summed E-state index contributed by atoms with van der Waals surface area (Å²) in [6.45, 7) is 3.84. The van der Waals surface area contributed by atoms with Gasteiger partial charge >= 0.3 is 14.9 Å². The molecule has 0 bridgehead atoms. The van der Waals surface area contributed by atoms with Gasteiger partial charge in [-0.15, -0.1) is 0 Å². The molecule has 0 aliphatic heterocycles. The van der Waals surface area contributed by atoms with Crippen molar-refractivity contribution < 1.29 is 51.6 Å². The third-order valence-corrected chi connectivity index (χ3v) is 14.1. The van der Waals surface area contributed by atoms with Crippen LogP contribution in [0.5, 0.6) is 0 Å². The summed E-state index contributed by atoms with van der Waals surface area (Å²) in [4.78, 5) is 86.6. The second kappa shape index (κ2) is 31.5. The predicted octanol–water partition coefficient (Wildman–Crippen LogP) is 4.30. The van der Waals surface area contributed by atoms with Crippen LogP contribution in [-0.2, 0) is 46.8 Å². The largest absolute Gasteiger partial charge is 0.500 e. The molecule has 0 radical (unpaired) electrons. The van der Waals surface area contributed by atoms with E-state index in [-0.39, 0.29) is 74.9 Å². The second-order valence-electron chi connectivity index (χ2n) is 16.2. The average molecular weight is 940 g/mol. The highest BCUT2D eigenvalue weighted by atomic mass is 28.4. The first-order valence-electron chi connectivity index (χ1n) is 23.3. The summed E-state index contributed by atoms with van der Waals surface area (Å²) in [5, 5.41) is 19.2. The van der Waals surface area contributed by atoms with Crippen LogP contribution in [0.1, 0.15) is 120 Å². The molecule has 3 rings (SSSR count). The second-order valence-corrected chi connectivity index (χ2v) is 19.2. The molecule has 0 spiro atoms. The maximum Gasteiger partial charge on any atom is 0.500 e. The number of benzene rings is 2. The molecule has 66 heavy (non-hydrogen) atoms. The van der Waals surface area contributed by atoms with Crippen LogP contribution in [0.2, 0.25) is 6.04 Å². The zero-order valence-corrected chi connectivity index (χ0v) is 40.3. The molecule has 7 amide bonds. The Bertz CT molecular complexity index is 1790. The van der Waals surface area contributed by atoms with Crippen LogP contribution in [0, 0.1) is 0 Å². The number of hydrogen-bond acceptors (Lipinski definition) is 11. The minimum Gasteiger partial charge on any atom is -0.449 e. The normalized spacial score (nSPS) is 12.2. The quantitative estimate of drug-likeness (QED) is 0.0297. The summed E-state index contributed by atoms with van der Waals surface area (Å²) in [5.41, 5.74) is 4.63. The molecule has 2 aromatic rings. The summed E-state index contributed by atoms with van der Waals surface area (Å²) in [6.07, 6.45) is 6.82. The Hall–Kier alpha value is -5.37. The van der Waals surface area contributed by atoms with Crippen LogP contribution in [0.25, 0.3) is 11.1 Å². The number of alkyl carbamates (subject to hydrolysis) is 1. The highest BCUT2D eigenvalue weighted by Gasteiger charge is 2.37. The van der Waals surface area contributed by atoms with Gasteiger partial charge in [0.1, 0.15) is 12.6 Å². The zero-order valence-electron chi connectivity index (χ0n) is 39.3. The molecular formula is C47H73N7O11Si. The maximum atomic E-state index is 12.8. The van der Waals surface area contributed by atoms with Crippen molar-refractivity contribution in [2.45, 2.75) is 121 Å². The molecule has 0 fully saturated rings.